The fourth-order valence-corrected chi connectivity index (χ4v) is 2.48. The van der Waals surface area contributed by atoms with Crippen molar-refractivity contribution in [3.05, 3.63) is 29.8 Å². The number of rotatable bonds is 13. The van der Waals surface area contributed by atoms with Gasteiger partial charge in [0.25, 0.3) is 0 Å². The van der Waals surface area contributed by atoms with Crippen LogP contribution in [0.2, 0.25) is 0 Å². The summed E-state index contributed by atoms with van der Waals surface area (Å²) in [4.78, 5) is 0. The van der Waals surface area contributed by atoms with Crippen molar-refractivity contribution in [2.24, 2.45) is 0 Å². The molecule has 1 N–H and O–H groups in total. The first-order chi connectivity index (χ1) is 10.4. The van der Waals surface area contributed by atoms with Crippen LogP contribution >= 0.6 is 0 Å². The Balaban J connectivity index is 1.94. The zero-order valence-electron chi connectivity index (χ0n) is 13.7. The molecule has 1 rings (SSSR count). The van der Waals surface area contributed by atoms with Crippen molar-refractivity contribution in [2.45, 2.75) is 71.1 Å². The molecule has 2 nitrogen and oxygen atoms in total. The highest BCUT2D eigenvalue weighted by Crippen LogP contribution is 2.14. The predicted molar refractivity (Wildman–Crippen MR) is 90.0 cm³/mol. The zero-order valence-corrected chi connectivity index (χ0v) is 13.7. The Labute approximate surface area is 130 Å². The van der Waals surface area contributed by atoms with Crippen LogP contribution in [0.3, 0.4) is 0 Å². The molecule has 2 heteroatoms. The van der Waals surface area contributed by atoms with Crippen molar-refractivity contribution in [2.75, 3.05) is 13.2 Å². The Morgan fingerprint density at radius 2 is 1.38 bits per heavy atom. The molecule has 0 aliphatic heterocycles. The van der Waals surface area contributed by atoms with Gasteiger partial charge in [-0.15, -0.1) is 0 Å². The van der Waals surface area contributed by atoms with E-state index in [-0.39, 0.29) is 6.61 Å². The Morgan fingerprint density at radius 3 is 1.95 bits per heavy atom. The third kappa shape index (κ3) is 9.52. The average Bonchev–Trinajstić information content (AvgIpc) is 2.51. The lowest BCUT2D eigenvalue weighted by atomic mass is 10.1. The molecule has 0 bridgehead atoms. The van der Waals surface area contributed by atoms with Gasteiger partial charge in [-0.2, -0.15) is 0 Å². The van der Waals surface area contributed by atoms with Crippen LogP contribution in [0.4, 0.5) is 0 Å². The summed E-state index contributed by atoms with van der Waals surface area (Å²) in [6.07, 6.45) is 12.8. The van der Waals surface area contributed by atoms with Crippen molar-refractivity contribution in [1.82, 2.24) is 0 Å². The van der Waals surface area contributed by atoms with Gasteiger partial charge in [-0.1, -0.05) is 70.4 Å². The van der Waals surface area contributed by atoms with Gasteiger partial charge in [0.2, 0.25) is 0 Å². The molecule has 0 spiro atoms. The van der Waals surface area contributed by atoms with Crippen LogP contribution in [0.15, 0.2) is 24.3 Å². The summed E-state index contributed by atoms with van der Waals surface area (Å²) in [6, 6.07) is 8.06. The third-order valence-electron chi connectivity index (χ3n) is 3.84. The van der Waals surface area contributed by atoms with E-state index in [0.29, 0.717) is 0 Å². The minimum Gasteiger partial charge on any atom is -0.494 e. The lowest BCUT2D eigenvalue weighted by Gasteiger charge is -2.07. The maximum Gasteiger partial charge on any atom is 0.119 e. The lowest BCUT2D eigenvalue weighted by molar-refractivity contribution is 0.298. The number of hydrogen-bond acceptors (Lipinski definition) is 2. The quantitative estimate of drug-likeness (QED) is 0.511. The van der Waals surface area contributed by atoms with Crippen LogP contribution in [-0.2, 0) is 6.42 Å². The molecule has 0 unspecified atom stereocenters. The first-order valence-electron chi connectivity index (χ1n) is 8.69. The Kier molecular flexibility index (Phi) is 10.9. The molecule has 0 radical (unpaired) electrons. The topological polar surface area (TPSA) is 29.5 Å². The number of aliphatic hydroxyl groups excluding tert-OH is 1. The van der Waals surface area contributed by atoms with E-state index in [9.17, 15) is 0 Å². The second-order valence-electron chi connectivity index (χ2n) is 5.79. The summed E-state index contributed by atoms with van der Waals surface area (Å²) in [5.74, 6) is 0.941. The molecule has 0 amide bonds. The first kappa shape index (κ1) is 18.0. The first-order valence-corrected chi connectivity index (χ1v) is 8.69. The fourth-order valence-electron chi connectivity index (χ4n) is 2.48. The van der Waals surface area contributed by atoms with Gasteiger partial charge in [-0.05, 0) is 30.5 Å². The molecular formula is C19H32O2. The Morgan fingerprint density at radius 1 is 0.810 bits per heavy atom. The van der Waals surface area contributed by atoms with Crippen LogP contribution in [0.25, 0.3) is 0 Å². The zero-order chi connectivity index (χ0) is 15.2. The third-order valence-corrected chi connectivity index (χ3v) is 3.84. The second-order valence-corrected chi connectivity index (χ2v) is 5.79. The minimum absolute atomic E-state index is 0.207. The fraction of sp³-hybridized carbons (Fsp3) is 0.684. The van der Waals surface area contributed by atoms with E-state index >= 15 is 0 Å². The highest BCUT2D eigenvalue weighted by molar-refractivity contribution is 5.27. The number of hydrogen-bond donors (Lipinski definition) is 1. The molecule has 0 atom stereocenters. The van der Waals surface area contributed by atoms with Crippen molar-refractivity contribution >= 4 is 0 Å². The van der Waals surface area contributed by atoms with Crippen LogP contribution in [0.5, 0.6) is 5.75 Å². The summed E-state index contributed by atoms with van der Waals surface area (Å²) in [6.45, 7) is 3.29. The molecule has 1 aromatic carbocycles. The predicted octanol–water partition coefficient (Wildman–Crippen LogP) is 5.13. The Hall–Kier alpha value is -1.02. The minimum atomic E-state index is 0.207. The van der Waals surface area contributed by atoms with Gasteiger partial charge in [-0.3, -0.25) is 0 Å². The normalized spacial score (nSPS) is 10.8. The van der Waals surface area contributed by atoms with Gasteiger partial charge in [0.05, 0.1) is 6.61 Å². The second kappa shape index (κ2) is 12.7. The van der Waals surface area contributed by atoms with Gasteiger partial charge in [0.15, 0.2) is 0 Å². The highest BCUT2D eigenvalue weighted by Gasteiger charge is 1.96. The van der Waals surface area contributed by atoms with Crippen LogP contribution in [0.1, 0.15) is 70.3 Å². The van der Waals surface area contributed by atoms with E-state index in [1.54, 1.807) is 0 Å². The molecular weight excluding hydrogens is 260 g/mol. The number of benzene rings is 1. The maximum absolute atomic E-state index is 8.86. The van der Waals surface area contributed by atoms with Gasteiger partial charge < -0.3 is 9.84 Å². The molecule has 0 aromatic heterocycles. The maximum atomic E-state index is 8.86. The molecule has 0 heterocycles. The average molecular weight is 292 g/mol. The van der Waals surface area contributed by atoms with Crippen molar-refractivity contribution in [3.63, 3.8) is 0 Å². The largest absolute Gasteiger partial charge is 0.494 e. The molecule has 0 aliphatic carbocycles. The number of aliphatic hydroxyl groups is 1. The highest BCUT2D eigenvalue weighted by atomic mass is 16.5. The summed E-state index contributed by atoms with van der Waals surface area (Å²) in [7, 11) is 0. The van der Waals surface area contributed by atoms with Crippen molar-refractivity contribution in [3.8, 4) is 5.75 Å². The van der Waals surface area contributed by atoms with Gasteiger partial charge in [-0.25, -0.2) is 0 Å². The summed E-state index contributed by atoms with van der Waals surface area (Å²) < 4.78 is 5.74. The smallest absolute Gasteiger partial charge is 0.119 e. The van der Waals surface area contributed by atoms with E-state index in [4.69, 9.17) is 9.84 Å². The van der Waals surface area contributed by atoms with E-state index in [1.165, 1.54) is 51.4 Å². The SMILES string of the molecule is CCCCCCCCCCCOc1ccc(CCO)cc1. The molecule has 0 fully saturated rings. The molecule has 0 saturated heterocycles. The van der Waals surface area contributed by atoms with Crippen LogP contribution < -0.4 is 4.74 Å². The van der Waals surface area contributed by atoms with Crippen molar-refractivity contribution < 1.29 is 9.84 Å². The van der Waals surface area contributed by atoms with Gasteiger partial charge >= 0.3 is 0 Å². The number of unbranched alkanes of at least 4 members (excludes halogenated alkanes) is 8. The lowest BCUT2D eigenvalue weighted by Crippen LogP contribution is -1.98. The van der Waals surface area contributed by atoms with Crippen LogP contribution in [0, 0.1) is 0 Å². The molecule has 21 heavy (non-hydrogen) atoms. The van der Waals surface area contributed by atoms with Gasteiger partial charge in [0.1, 0.15) is 5.75 Å². The van der Waals surface area contributed by atoms with E-state index in [0.717, 1.165) is 30.8 Å². The monoisotopic (exact) mass is 292 g/mol. The van der Waals surface area contributed by atoms with Crippen LogP contribution in [-0.4, -0.2) is 18.3 Å². The summed E-state index contributed by atoms with van der Waals surface area (Å²) >= 11 is 0. The number of ether oxygens (including phenoxy) is 1. The summed E-state index contributed by atoms with van der Waals surface area (Å²) in [5, 5.41) is 8.86. The van der Waals surface area contributed by atoms with E-state index < -0.39 is 0 Å². The Bertz CT molecular complexity index is 332. The molecule has 1 aromatic rings. The van der Waals surface area contributed by atoms with Crippen molar-refractivity contribution in [1.29, 1.82) is 0 Å². The standard InChI is InChI=1S/C19H32O2/c1-2-3-4-5-6-7-8-9-10-17-21-19-13-11-18(12-14-19)15-16-20/h11-14,20H,2-10,15-17H2,1H3. The summed E-state index contributed by atoms with van der Waals surface area (Å²) in [5.41, 5.74) is 1.16. The molecule has 0 saturated carbocycles. The molecule has 0 aliphatic rings. The van der Waals surface area contributed by atoms with E-state index in [2.05, 4.69) is 6.92 Å². The molecule has 120 valence electrons. The van der Waals surface area contributed by atoms with Gasteiger partial charge in [0, 0.05) is 6.61 Å². The van der Waals surface area contributed by atoms with E-state index in [1.807, 2.05) is 24.3 Å².